The summed E-state index contributed by atoms with van der Waals surface area (Å²) in [4.78, 5) is 11.5. The van der Waals surface area contributed by atoms with Gasteiger partial charge in [-0.15, -0.1) is 0 Å². The number of rotatable bonds is 4. The second kappa shape index (κ2) is 6.09. The largest absolute Gasteiger partial charge is 0.493 e. The number of fused-ring (bicyclic) bond motifs is 1. The van der Waals surface area contributed by atoms with E-state index in [1.807, 2.05) is 13.0 Å². The minimum Gasteiger partial charge on any atom is -0.493 e. The van der Waals surface area contributed by atoms with Crippen LogP contribution in [0.2, 0.25) is 0 Å². The highest BCUT2D eigenvalue weighted by Crippen LogP contribution is 2.32. The summed E-state index contributed by atoms with van der Waals surface area (Å²) >= 11 is 3.48. The van der Waals surface area contributed by atoms with Crippen molar-refractivity contribution >= 4 is 22.0 Å². The first-order valence-electron chi connectivity index (χ1n) is 6.16. The van der Waals surface area contributed by atoms with Crippen molar-refractivity contribution in [2.75, 3.05) is 13.2 Å². The number of amides is 2. The quantitative estimate of drug-likeness (QED) is 0.898. The molecule has 0 bridgehead atoms. The monoisotopic (exact) mass is 312 g/mol. The van der Waals surface area contributed by atoms with Crippen molar-refractivity contribution in [1.82, 2.24) is 10.6 Å². The molecule has 4 nitrogen and oxygen atoms in total. The van der Waals surface area contributed by atoms with Crippen LogP contribution in [-0.2, 0) is 13.0 Å². The van der Waals surface area contributed by atoms with E-state index in [1.165, 1.54) is 5.56 Å². The first-order chi connectivity index (χ1) is 8.70. The first-order valence-corrected chi connectivity index (χ1v) is 6.95. The van der Waals surface area contributed by atoms with E-state index in [4.69, 9.17) is 4.74 Å². The van der Waals surface area contributed by atoms with Crippen LogP contribution in [0.1, 0.15) is 24.5 Å². The number of nitrogens with one attached hydrogen (secondary N) is 2. The van der Waals surface area contributed by atoms with Crippen molar-refractivity contribution in [2.24, 2.45) is 0 Å². The van der Waals surface area contributed by atoms with Crippen LogP contribution >= 0.6 is 15.9 Å². The van der Waals surface area contributed by atoms with Gasteiger partial charge in [0.05, 0.1) is 6.61 Å². The number of urea groups is 1. The molecule has 98 valence electrons. The average Bonchev–Trinajstić information content (AvgIpc) is 2.81. The summed E-state index contributed by atoms with van der Waals surface area (Å²) in [6.07, 6.45) is 1.87. The van der Waals surface area contributed by atoms with Crippen LogP contribution in [0.15, 0.2) is 16.6 Å². The zero-order valence-corrected chi connectivity index (χ0v) is 12.0. The zero-order chi connectivity index (χ0) is 13.0. The molecule has 0 radical (unpaired) electrons. The molecule has 1 aromatic rings. The molecule has 0 aromatic heterocycles. The van der Waals surface area contributed by atoms with Gasteiger partial charge in [0.1, 0.15) is 5.75 Å². The van der Waals surface area contributed by atoms with Crippen molar-refractivity contribution in [3.05, 3.63) is 27.7 Å². The van der Waals surface area contributed by atoms with Crippen LogP contribution in [0.5, 0.6) is 5.75 Å². The van der Waals surface area contributed by atoms with Crippen LogP contribution in [-0.4, -0.2) is 19.2 Å². The molecule has 0 saturated heterocycles. The highest BCUT2D eigenvalue weighted by Gasteiger charge is 2.17. The van der Waals surface area contributed by atoms with Crippen molar-refractivity contribution < 1.29 is 9.53 Å². The molecule has 5 heteroatoms. The molecule has 0 saturated carbocycles. The molecular formula is C13H17BrN2O2. The zero-order valence-electron chi connectivity index (χ0n) is 10.4. The Kier molecular flexibility index (Phi) is 4.47. The fourth-order valence-electron chi connectivity index (χ4n) is 1.95. The molecule has 2 amide bonds. The maximum Gasteiger partial charge on any atom is 0.315 e. The summed E-state index contributed by atoms with van der Waals surface area (Å²) in [5.74, 6) is 0.925. The third kappa shape index (κ3) is 3.16. The highest BCUT2D eigenvalue weighted by molar-refractivity contribution is 9.10. The van der Waals surface area contributed by atoms with Crippen molar-refractivity contribution in [3.63, 3.8) is 0 Å². The summed E-state index contributed by atoms with van der Waals surface area (Å²) in [6.45, 7) is 3.92. The van der Waals surface area contributed by atoms with E-state index in [-0.39, 0.29) is 6.03 Å². The van der Waals surface area contributed by atoms with E-state index in [0.717, 1.165) is 35.2 Å². The van der Waals surface area contributed by atoms with Crippen LogP contribution < -0.4 is 15.4 Å². The second-order valence-electron chi connectivity index (χ2n) is 4.26. The van der Waals surface area contributed by atoms with Crippen LogP contribution in [0.4, 0.5) is 4.79 Å². The Bertz CT molecular complexity index is 449. The van der Waals surface area contributed by atoms with E-state index in [2.05, 4.69) is 32.6 Å². The average molecular weight is 313 g/mol. The summed E-state index contributed by atoms with van der Waals surface area (Å²) < 4.78 is 6.63. The van der Waals surface area contributed by atoms with Crippen LogP contribution in [0.3, 0.4) is 0 Å². The van der Waals surface area contributed by atoms with Gasteiger partial charge in [-0.25, -0.2) is 4.79 Å². The summed E-state index contributed by atoms with van der Waals surface area (Å²) in [6, 6.07) is 3.93. The first kappa shape index (κ1) is 13.2. The van der Waals surface area contributed by atoms with E-state index >= 15 is 0 Å². The number of halogens is 1. The predicted octanol–water partition coefficient (Wildman–Crippen LogP) is 2.59. The smallest absolute Gasteiger partial charge is 0.315 e. The lowest BCUT2D eigenvalue weighted by Crippen LogP contribution is -2.35. The third-order valence-corrected chi connectivity index (χ3v) is 3.26. The number of carbonyl (C=O) groups excluding carboxylic acids is 1. The van der Waals surface area contributed by atoms with Crippen LogP contribution in [0.25, 0.3) is 0 Å². The SMILES string of the molecule is CCCNC(=O)NCc1cc(Br)cc2c1OCC2. The maximum atomic E-state index is 11.5. The van der Waals surface area contributed by atoms with Gasteiger partial charge < -0.3 is 15.4 Å². The second-order valence-corrected chi connectivity index (χ2v) is 5.18. The van der Waals surface area contributed by atoms with Gasteiger partial charge in [0, 0.05) is 29.5 Å². The number of hydrogen-bond donors (Lipinski definition) is 2. The lowest BCUT2D eigenvalue weighted by molar-refractivity contribution is 0.240. The van der Waals surface area contributed by atoms with Gasteiger partial charge in [0.15, 0.2) is 0 Å². The molecule has 0 unspecified atom stereocenters. The number of benzene rings is 1. The third-order valence-electron chi connectivity index (χ3n) is 2.80. The minimum absolute atomic E-state index is 0.136. The molecule has 18 heavy (non-hydrogen) atoms. The molecular weight excluding hydrogens is 296 g/mol. The number of ether oxygens (including phenoxy) is 1. The normalized spacial score (nSPS) is 12.8. The molecule has 1 heterocycles. The fourth-order valence-corrected chi connectivity index (χ4v) is 2.51. The lowest BCUT2D eigenvalue weighted by Gasteiger charge is -2.11. The van der Waals surface area contributed by atoms with Gasteiger partial charge in [-0.05, 0) is 24.1 Å². The molecule has 2 N–H and O–H groups in total. The van der Waals surface area contributed by atoms with Crippen LogP contribution in [0, 0.1) is 0 Å². The molecule has 0 fully saturated rings. The van der Waals surface area contributed by atoms with Gasteiger partial charge in [0.2, 0.25) is 0 Å². The fraction of sp³-hybridized carbons (Fsp3) is 0.462. The minimum atomic E-state index is -0.136. The molecule has 0 spiro atoms. The van der Waals surface area contributed by atoms with E-state index in [9.17, 15) is 4.79 Å². The maximum absolute atomic E-state index is 11.5. The molecule has 1 aromatic carbocycles. The van der Waals surface area contributed by atoms with Crippen molar-refractivity contribution in [3.8, 4) is 5.75 Å². The van der Waals surface area contributed by atoms with Gasteiger partial charge in [-0.1, -0.05) is 22.9 Å². The van der Waals surface area contributed by atoms with Crippen molar-refractivity contribution in [1.29, 1.82) is 0 Å². The molecule has 0 atom stereocenters. The molecule has 1 aliphatic rings. The number of carbonyl (C=O) groups is 1. The van der Waals surface area contributed by atoms with E-state index in [0.29, 0.717) is 13.1 Å². The highest BCUT2D eigenvalue weighted by atomic mass is 79.9. The van der Waals surface area contributed by atoms with Gasteiger partial charge >= 0.3 is 6.03 Å². The topological polar surface area (TPSA) is 50.4 Å². The summed E-state index contributed by atoms with van der Waals surface area (Å²) in [5.41, 5.74) is 2.22. The lowest BCUT2D eigenvalue weighted by atomic mass is 10.1. The summed E-state index contributed by atoms with van der Waals surface area (Å²) in [5, 5.41) is 5.62. The molecule has 1 aliphatic heterocycles. The van der Waals surface area contributed by atoms with Gasteiger partial charge in [-0.2, -0.15) is 0 Å². The Morgan fingerprint density at radius 1 is 1.44 bits per heavy atom. The Morgan fingerprint density at radius 2 is 2.28 bits per heavy atom. The summed E-state index contributed by atoms with van der Waals surface area (Å²) in [7, 11) is 0. The molecule has 0 aliphatic carbocycles. The Hall–Kier alpha value is -1.23. The van der Waals surface area contributed by atoms with E-state index in [1.54, 1.807) is 0 Å². The Balaban J connectivity index is 1.99. The molecule has 2 rings (SSSR count). The number of hydrogen-bond acceptors (Lipinski definition) is 2. The van der Waals surface area contributed by atoms with Gasteiger partial charge in [0.25, 0.3) is 0 Å². The standard InChI is InChI=1S/C13H17BrN2O2/c1-2-4-15-13(17)16-8-10-7-11(14)6-9-3-5-18-12(9)10/h6-7H,2-5,8H2,1H3,(H2,15,16,17). The van der Waals surface area contributed by atoms with E-state index < -0.39 is 0 Å². The predicted molar refractivity (Wildman–Crippen MR) is 73.9 cm³/mol. The Morgan fingerprint density at radius 3 is 3.06 bits per heavy atom. The van der Waals surface area contributed by atoms with Gasteiger partial charge in [-0.3, -0.25) is 0 Å². The van der Waals surface area contributed by atoms with Crippen molar-refractivity contribution in [2.45, 2.75) is 26.3 Å². The Labute approximate surface area is 115 Å².